The first-order valence-corrected chi connectivity index (χ1v) is 6.13. The van der Waals surface area contributed by atoms with E-state index in [1.807, 2.05) is 7.05 Å². The Kier molecular flexibility index (Phi) is 4.14. The average molecular weight is 256 g/mol. The second-order valence-electron chi connectivity index (χ2n) is 4.71. The number of hydrogen-bond donors (Lipinski definition) is 1. The maximum absolute atomic E-state index is 13.7. The molecule has 2 rings (SSSR count). The van der Waals surface area contributed by atoms with Crippen molar-refractivity contribution < 1.29 is 13.5 Å². The highest BCUT2D eigenvalue weighted by Crippen LogP contribution is 2.26. The van der Waals surface area contributed by atoms with E-state index in [4.69, 9.17) is 10.5 Å². The molecule has 0 aliphatic carbocycles. The largest absolute Gasteiger partial charge is 0.484 e. The van der Waals surface area contributed by atoms with Crippen LogP contribution in [-0.2, 0) is 6.54 Å². The van der Waals surface area contributed by atoms with Crippen LogP contribution in [0.1, 0.15) is 18.4 Å². The van der Waals surface area contributed by atoms with Crippen molar-refractivity contribution in [3.05, 3.63) is 29.3 Å². The maximum Gasteiger partial charge on any atom is 0.191 e. The van der Waals surface area contributed by atoms with E-state index in [1.54, 1.807) is 0 Å². The SMILES string of the molecule is CN1CCC(Oc2c(F)cc(CN)cc2F)CC1. The molecule has 0 amide bonds. The molecule has 100 valence electrons. The Morgan fingerprint density at radius 1 is 1.28 bits per heavy atom. The number of ether oxygens (including phenoxy) is 1. The summed E-state index contributed by atoms with van der Waals surface area (Å²) in [6.45, 7) is 1.88. The molecule has 1 aromatic rings. The van der Waals surface area contributed by atoms with Crippen molar-refractivity contribution in [1.82, 2.24) is 4.90 Å². The Hall–Kier alpha value is -1.20. The van der Waals surface area contributed by atoms with Gasteiger partial charge in [0.15, 0.2) is 17.4 Å². The van der Waals surface area contributed by atoms with E-state index in [-0.39, 0.29) is 18.4 Å². The van der Waals surface area contributed by atoms with Crippen molar-refractivity contribution in [2.24, 2.45) is 5.73 Å². The molecule has 1 saturated heterocycles. The lowest BCUT2D eigenvalue weighted by Gasteiger charge is -2.29. The maximum atomic E-state index is 13.7. The first-order chi connectivity index (χ1) is 8.60. The average Bonchev–Trinajstić information content (AvgIpc) is 2.35. The van der Waals surface area contributed by atoms with E-state index >= 15 is 0 Å². The van der Waals surface area contributed by atoms with Crippen molar-refractivity contribution in [3.63, 3.8) is 0 Å². The van der Waals surface area contributed by atoms with Gasteiger partial charge < -0.3 is 15.4 Å². The second-order valence-corrected chi connectivity index (χ2v) is 4.71. The number of nitrogens with two attached hydrogens (primary N) is 1. The highest BCUT2D eigenvalue weighted by atomic mass is 19.1. The fourth-order valence-corrected chi connectivity index (χ4v) is 2.11. The smallest absolute Gasteiger partial charge is 0.191 e. The molecule has 1 aliphatic rings. The fourth-order valence-electron chi connectivity index (χ4n) is 2.11. The topological polar surface area (TPSA) is 38.5 Å². The zero-order valence-electron chi connectivity index (χ0n) is 10.5. The Morgan fingerprint density at radius 3 is 2.33 bits per heavy atom. The molecule has 0 atom stereocenters. The van der Waals surface area contributed by atoms with Crippen LogP contribution in [0, 0.1) is 11.6 Å². The molecule has 0 bridgehead atoms. The third kappa shape index (κ3) is 2.97. The van der Waals surface area contributed by atoms with E-state index in [9.17, 15) is 8.78 Å². The van der Waals surface area contributed by atoms with Crippen LogP contribution in [0.2, 0.25) is 0 Å². The van der Waals surface area contributed by atoms with Crippen molar-refractivity contribution >= 4 is 0 Å². The van der Waals surface area contributed by atoms with Crippen LogP contribution in [0.5, 0.6) is 5.75 Å². The van der Waals surface area contributed by atoms with Crippen LogP contribution in [0.15, 0.2) is 12.1 Å². The predicted octanol–water partition coefficient (Wildman–Crippen LogP) is 1.90. The van der Waals surface area contributed by atoms with Crippen molar-refractivity contribution in [1.29, 1.82) is 0 Å². The van der Waals surface area contributed by atoms with Crippen LogP contribution in [0.4, 0.5) is 8.78 Å². The van der Waals surface area contributed by atoms with Crippen molar-refractivity contribution in [2.75, 3.05) is 20.1 Å². The molecular formula is C13H18F2N2O. The minimum absolute atomic E-state index is 0.113. The molecule has 0 unspecified atom stereocenters. The molecule has 18 heavy (non-hydrogen) atoms. The third-order valence-corrected chi connectivity index (χ3v) is 3.24. The van der Waals surface area contributed by atoms with Gasteiger partial charge >= 0.3 is 0 Å². The zero-order chi connectivity index (χ0) is 13.1. The van der Waals surface area contributed by atoms with Gasteiger partial charge in [-0.3, -0.25) is 0 Å². The quantitative estimate of drug-likeness (QED) is 0.897. The van der Waals surface area contributed by atoms with Crippen molar-refractivity contribution in [2.45, 2.75) is 25.5 Å². The number of nitrogens with zero attached hydrogens (tertiary/aromatic N) is 1. The van der Waals surface area contributed by atoms with Gasteiger partial charge in [0.25, 0.3) is 0 Å². The number of benzene rings is 1. The fraction of sp³-hybridized carbons (Fsp3) is 0.538. The summed E-state index contributed by atoms with van der Waals surface area (Å²) in [7, 11) is 2.02. The summed E-state index contributed by atoms with van der Waals surface area (Å²) >= 11 is 0. The Labute approximate surface area is 106 Å². The van der Waals surface area contributed by atoms with E-state index in [0.717, 1.165) is 25.9 Å². The zero-order valence-corrected chi connectivity index (χ0v) is 10.5. The molecule has 3 nitrogen and oxygen atoms in total. The van der Waals surface area contributed by atoms with E-state index in [1.165, 1.54) is 12.1 Å². The molecule has 1 aromatic carbocycles. The molecule has 1 aliphatic heterocycles. The lowest BCUT2D eigenvalue weighted by molar-refractivity contribution is 0.106. The van der Waals surface area contributed by atoms with Gasteiger partial charge in [-0.15, -0.1) is 0 Å². The van der Waals surface area contributed by atoms with E-state index in [2.05, 4.69) is 4.90 Å². The number of hydrogen-bond acceptors (Lipinski definition) is 3. The van der Waals surface area contributed by atoms with Gasteiger partial charge in [0.05, 0.1) is 0 Å². The summed E-state index contributed by atoms with van der Waals surface area (Å²) in [5.41, 5.74) is 5.79. The minimum Gasteiger partial charge on any atom is -0.484 e. The minimum atomic E-state index is -0.672. The number of likely N-dealkylation sites (tertiary alicyclic amines) is 1. The van der Waals surface area contributed by atoms with Crippen LogP contribution in [0.25, 0.3) is 0 Å². The second kappa shape index (κ2) is 5.63. The standard InChI is InChI=1S/C13H18F2N2O/c1-17-4-2-10(3-5-17)18-13-11(14)6-9(8-16)7-12(13)15/h6-7,10H,2-5,8,16H2,1H3. The predicted molar refractivity (Wildman–Crippen MR) is 65.4 cm³/mol. The first kappa shape index (κ1) is 13.2. The summed E-state index contributed by atoms with van der Waals surface area (Å²) in [6, 6.07) is 2.46. The molecule has 5 heteroatoms. The highest BCUT2D eigenvalue weighted by molar-refractivity contribution is 5.31. The van der Waals surface area contributed by atoms with Gasteiger partial charge in [0, 0.05) is 19.6 Å². The van der Waals surface area contributed by atoms with Crippen LogP contribution in [-0.4, -0.2) is 31.1 Å². The molecule has 1 fully saturated rings. The monoisotopic (exact) mass is 256 g/mol. The van der Waals surface area contributed by atoms with E-state index < -0.39 is 11.6 Å². The summed E-state index contributed by atoms with van der Waals surface area (Å²) in [5.74, 6) is -1.62. The van der Waals surface area contributed by atoms with Gasteiger partial charge in [0.2, 0.25) is 0 Å². The Bertz CT molecular complexity index is 394. The molecule has 0 aromatic heterocycles. The molecular weight excluding hydrogens is 238 g/mol. The van der Waals surface area contributed by atoms with Crippen LogP contribution >= 0.6 is 0 Å². The molecule has 1 heterocycles. The lowest BCUT2D eigenvalue weighted by atomic mass is 10.1. The van der Waals surface area contributed by atoms with Gasteiger partial charge in [-0.05, 0) is 37.6 Å². The molecule has 0 saturated carbocycles. The molecule has 0 spiro atoms. The number of piperidine rings is 1. The molecule has 2 N–H and O–H groups in total. The van der Waals surface area contributed by atoms with Gasteiger partial charge in [-0.2, -0.15) is 0 Å². The van der Waals surface area contributed by atoms with Gasteiger partial charge in [-0.25, -0.2) is 8.78 Å². The van der Waals surface area contributed by atoms with Crippen LogP contribution in [0.3, 0.4) is 0 Å². The van der Waals surface area contributed by atoms with Gasteiger partial charge in [0.1, 0.15) is 6.10 Å². The molecule has 0 radical (unpaired) electrons. The van der Waals surface area contributed by atoms with Crippen molar-refractivity contribution in [3.8, 4) is 5.75 Å². The van der Waals surface area contributed by atoms with Gasteiger partial charge in [-0.1, -0.05) is 0 Å². The Balaban J connectivity index is 2.09. The van der Waals surface area contributed by atoms with Crippen LogP contribution < -0.4 is 10.5 Å². The summed E-state index contributed by atoms with van der Waals surface area (Å²) in [4.78, 5) is 2.17. The number of halogens is 2. The first-order valence-electron chi connectivity index (χ1n) is 6.13. The van der Waals surface area contributed by atoms with E-state index in [0.29, 0.717) is 5.56 Å². The summed E-state index contributed by atoms with van der Waals surface area (Å²) in [6.07, 6.45) is 1.45. The number of rotatable bonds is 3. The lowest BCUT2D eigenvalue weighted by Crippen LogP contribution is -2.36. The third-order valence-electron chi connectivity index (χ3n) is 3.24. The highest BCUT2D eigenvalue weighted by Gasteiger charge is 2.21. The summed E-state index contributed by atoms with van der Waals surface area (Å²) in [5, 5.41) is 0. The Morgan fingerprint density at radius 2 is 1.83 bits per heavy atom. The normalized spacial score (nSPS) is 18.0. The summed E-state index contributed by atoms with van der Waals surface area (Å²) < 4.78 is 32.8.